The molecule has 0 aromatic heterocycles. The van der Waals surface area contributed by atoms with Crippen LogP contribution in [0.2, 0.25) is 0 Å². The van der Waals surface area contributed by atoms with Crippen molar-refractivity contribution in [2.45, 2.75) is 199 Å². The van der Waals surface area contributed by atoms with Crippen LogP contribution in [0, 0.1) is 5.41 Å². The molecule has 0 aliphatic carbocycles. The van der Waals surface area contributed by atoms with E-state index in [2.05, 4.69) is 70.8 Å². The summed E-state index contributed by atoms with van der Waals surface area (Å²) in [5.41, 5.74) is 7.78. The van der Waals surface area contributed by atoms with E-state index >= 15 is 0 Å². The Hall–Kier alpha value is -3.92. The summed E-state index contributed by atoms with van der Waals surface area (Å²) in [6.07, 6.45) is -8.55. The molecule has 0 bridgehead atoms. The number of nitrogens with two attached hydrogens (primary N) is 1. The standard InChI is InChI=1S/C50H83N2O21P.CO2/c1-28(2)14-13-16-29(3)17-18-31(5)19-22-49(8,9)21-12-11-15-30(4)20-23-65-24-25-67-74(63,64)73-47-42(44(72-48(51)61)50(10,62)43(71-47)32(6)54)70-45-36(52-33(7)55)39(58)38(57)35(69-45)27-66-46-41(60)40(59)37(56)34(26-53)68-46;2-1-3/h12,14,17,20-21,34-47,53,56-60,62H,5,11,13,15-16,18-19,22-27H2,1-4,6-10H3,(H2,51,61)(H,52,55)(H,63,64);/b21-12+,29-17+,30-20-;. The first kappa shape index (κ1) is 69.2. The quantitative estimate of drug-likeness (QED) is 0.0291. The molecule has 3 rings (SSSR count). The van der Waals surface area contributed by atoms with Crippen LogP contribution in [0.25, 0.3) is 0 Å². The number of phosphoric ester groups is 1. The molecule has 440 valence electrons. The summed E-state index contributed by atoms with van der Waals surface area (Å²) in [6.45, 7) is 17.9. The van der Waals surface area contributed by atoms with Crippen molar-refractivity contribution < 1.29 is 111 Å². The van der Waals surface area contributed by atoms with Gasteiger partial charge in [0.1, 0.15) is 54.4 Å². The molecule has 16 atom stereocenters. The van der Waals surface area contributed by atoms with Crippen LogP contribution in [0.15, 0.2) is 59.3 Å². The average Bonchev–Trinajstić information content (AvgIpc) is 3.33. The van der Waals surface area contributed by atoms with Crippen LogP contribution < -0.4 is 11.1 Å². The zero-order chi connectivity index (χ0) is 58.4. The molecule has 16 unspecified atom stereocenters. The molecule has 3 heterocycles. The Balaban J connectivity index is 0.00000659. The van der Waals surface area contributed by atoms with Gasteiger partial charge in [0.25, 0.3) is 0 Å². The van der Waals surface area contributed by atoms with Crippen molar-refractivity contribution in [3.63, 3.8) is 0 Å². The van der Waals surface area contributed by atoms with Gasteiger partial charge in [-0.25, -0.2) is 9.36 Å². The molecule has 3 fully saturated rings. The number of Topliss-reactive ketones (excluding diaryl/α,β-unsaturated/α-hetero) is 1. The third kappa shape index (κ3) is 23.4. The molecule has 0 aromatic rings. The number of aliphatic hydroxyl groups is 7. The molecule has 0 aromatic carbocycles. The van der Waals surface area contributed by atoms with Crippen molar-refractivity contribution in [2.24, 2.45) is 11.1 Å². The van der Waals surface area contributed by atoms with Gasteiger partial charge in [-0.1, -0.05) is 73.1 Å². The highest BCUT2D eigenvalue weighted by Gasteiger charge is 2.61. The molecule has 11 N–H and O–H groups in total. The molecule has 0 spiro atoms. The highest BCUT2D eigenvalue weighted by atomic mass is 31.2. The van der Waals surface area contributed by atoms with Crippen LogP contribution in [0.5, 0.6) is 0 Å². The molecule has 0 saturated carbocycles. The fourth-order valence-electron chi connectivity index (χ4n) is 8.30. The lowest BCUT2D eigenvalue weighted by atomic mass is 9.83. The van der Waals surface area contributed by atoms with Crippen LogP contribution in [0.1, 0.15) is 107 Å². The van der Waals surface area contributed by atoms with Gasteiger partial charge in [-0.05, 0) is 91.9 Å². The zero-order valence-corrected chi connectivity index (χ0v) is 46.3. The number of primary amides is 1. The summed E-state index contributed by atoms with van der Waals surface area (Å²) >= 11 is 0. The Labute approximate surface area is 449 Å². The number of hydrogen-bond acceptors (Lipinski definition) is 22. The fraction of sp³-hybridized carbons (Fsp3) is 0.725. The van der Waals surface area contributed by atoms with Crippen molar-refractivity contribution in [1.29, 1.82) is 0 Å². The molecular weight excluding hydrogens is 1040 g/mol. The molecule has 3 aliphatic heterocycles. The average molecular weight is 1120 g/mol. The lowest BCUT2D eigenvalue weighted by Crippen LogP contribution is -2.71. The van der Waals surface area contributed by atoms with Crippen molar-refractivity contribution >= 4 is 31.8 Å². The summed E-state index contributed by atoms with van der Waals surface area (Å²) in [7, 11) is -5.25. The van der Waals surface area contributed by atoms with Gasteiger partial charge in [-0.15, -0.1) is 0 Å². The second kappa shape index (κ2) is 33.0. The molecule has 3 saturated heterocycles. The SMILES string of the molecule is C=C(C/C=C(\C)CCC=C(C)C)CCC(C)(C)/C=C/CC/C(C)=C\COCCOP(=O)(O)OC1OC(C(C)=O)C(C)(O)C(OC(N)=O)C1OC1OC(COC2OC(CO)C(O)C(O)C2O)C(O)C(O)C1NC(C)=O.O=C=O. The van der Waals surface area contributed by atoms with Crippen molar-refractivity contribution in [1.82, 2.24) is 5.32 Å². The van der Waals surface area contributed by atoms with Crippen LogP contribution in [-0.2, 0) is 65.9 Å². The molecule has 0 radical (unpaired) electrons. The number of carbonyl (C=O) groups is 3. The van der Waals surface area contributed by atoms with Crippen molar-refractivity contribution in [2.75, 3.05) is 33.0 Å². The number of aliphatic hydroxyl groups excluding tert-OH is 6. The Morgan fingerprint density at radius 3 is 2.04 bits per heavy atom. The molecular formula is C51H83N2O23P. The van der Waals surface area contributed by atoms with Gasteiger partial charge in [-0.2, -0.15) is 9.59 Å². The van der Waals surface area contributed by atoms with Gasteiger partial charge in [0.05, 0.1) is 33.0 Å². The third-order valence-electron chi connectivity index (χ3n) is 12.7. The number of nitrogens with one attached hydrogen (secondary N) is 1. The molecule has 3 aliphatic rings. The Morgan fingerprint density at radius 1 is 0.831 bits per heavy atom. The summed E-state index contributed by atoms with van der Waals surface area (Å²) in [5, 5.41) is 76.7. The number of phosphoric acid groups is 1. The summed E-state index contributed by atoms with van der Waals surface area (Å²) in [6, 6.07) is -1.71. The summed E-state index contributed by atoms with van der Waals surface area (Å²) in [5.74, 6) is -1.67. The zero-order valence-electron chi connectivity index (χ0n) is 45.4. The lowest BCUT2D eigenvalue weighted by molar-refractivity contribution is -0.358. The highest BCUT2D eigenvalue weighted by molar-refractivity contribution is 7.47. The van der Waals surface area contributed by atoms with Crippen LogP contribution in [0.4, 0.5) is 4.79 Å². The molecule has 77 heavy (non-hydrogen) atoms. The Morgan fingerprint density at radius 2 is 1.44 bits per heavy atom. The normalized spacial score (nSPS) is 31.8. The highest BCUT2D eigenvalue weighted by Crippen LogP contribution is 2.48. The van der Waals surface area contributed by atoms with Gasteiger partial charge in [-0.3, -0.25) is 18.6 Å². The molecule has 25 nitrogen and oxygen atoms in total. The van der Waals surface area contributed by atoms with Crippen LogP contribution >= 0.6 is 7.82 Å². The van der Waals surface area contributed by atoms with Gasteiger partial charge >= 0.3 is 20.1 Å². The van der Waals surface area contributed by atoms with E-state index in [4.69, 9.17) is 57.5 Å². The number of carbonyl (C=O) groups excluding carboxylic acids is 5. The van der Waals surface area contributed by atoms with E-state index in [1.165, 1.54) is 16.7 Å². The topological polar surface area (TPSA) is 385 Å². The number of ketones is 1. The first-order valence-corrected chi connectivity index (χ1v) is 26.6. The Kier molecular flexibility index (Phi) is 29.6. The first-order chi connectivity index (χ1) is 35.9. The summed E-state index contributed by atoms with van der Waals surface area (Å²) in [4.78, 5) is 64.6. The molecule has 2 amide bonds. The number of ether oxygens (including phenoxy) is 7. The second-order valence-electron chi connectivity index (χ2n) is 20.3. The number of rotatable bonds is 29. The smallest absolute Gasteiger partial charge is 0.440 e. The largest absolute Gasteiger partial charge is 0.474 e. The Bertz CT molecular complexity index is 2100. The maximum Gasteiger partial charge on any atom is 0.474 e. The maximum atomic E-state index is 13.5. The minimum Gasteiger partial charge on any atom is -0.440 e. The van der Waals surface area contributed by atoms with Gasteiger partial charge in [0.15, 0.2) is 43.0 Å². The van der Waals surface area contributed by atoms with Gasteiger partial charge in [0, 0.05) is 6.92 Å². The van der Waals surface area contributed by atoms with E-state index in [-0.39, 0.29) is 24.8 Å². The minimum atomic E-state index is -5.25. The second-order valence-corrected chi connectivity index (χ2v) is 21.7. The number of hydrogen-bond donors (Lipinski definition) is 10. The van der Waals surface area contributed by atoms with E-state index in [0.29, 0.717) is 0 Å². The minimum absolute atomic E-state index is 0.00864. The summed E-state index contributed by atoms with van der Waals surface area (Å²) < 4.78 is 63.2. The lowest BCUT2D eigenvalue weighted by Gasteiger charge is -2.50. The van der Waals surface area contributed by atoms with Gasteiger partial charge in [0.2, 0.25) is 5.91 Å². The predicted molar refractivity (Wildman–Crippen MR) is 271 cm³/mol. The van der Waals surface area contributed by atoms with E-state index in [9.17, 15) is 59.6 Å². The molecule has 26 heteroatoms. The van der Waals surface area contributed by atoms with Crippen molar-refractivity contribution in [3.8, 4) is 0 Å². The number of allylic oxidation sites excluding steroid dienone is 8. The van der Waals surface area contributed by atoms with E-state index in [1.807, 2.05) is 13.0 Å². The van der Waals surface area contributed by atoms with Crippen LogP contribution in [0.3, 0.4) is 0 Å². The first-order valence-electron chi connectivity index (χ1n) is 25.1. The van der Waals surface area contributed by atoms with E-state index < -0.39 is 137 Å². The number of amides is 2. The van der Waals surface area contributed by atoms with Crippen molar-refractivity contribution in [3.05, 3.63) is 59.3 Å². The van der Waals surface area contributed by atoms with Gasteiger partial charge < -0.3 is 84.8 Å². The monoisotopic (exact) mass is 1120 g/mol. The van der Waals surface area contributed by atoms with Crippen LogP contribution in [-0.4, -0.2) is 189 Å². The van der Waals surface area contributed by atoms with E-state index in [1.54, 1.807) is 0 Å². The maximum absolute atomic E-state index is 13.5. The van der Waals surface area contributed by atoms with E-state index in [0.717, 1.165) is 71.3 Å². The fourth-order valence-corrected chi connectivity index (χ4v) is 9.10. The third-order valence-corrected chi connectivity index (χ3v) is 13.7. The predicted octanol–water partition coefficient (Wildman–Crippen LogP) is 1.96.